The van der Waals surface area contributed by atoms with Gasteiger partial charge in [0.1, 0.15) is 0 Å². The molecule has 0 unspecified atom stereocenters. The normalized spacial score (nSPS) is 13.8. The predicted octanol–water partition coefficient (Wildman–Crippen LogP) is 4.33. The predicted molar refractivity (Wildman–Crippen MR) is 119 cm³/mol. The number of rotatable bonds is 6. The van der Waals surface area contributed by atoms with Gasteiger partial charge >= 0.3 is 11.8 Å². The molecule has 2 amide bonds. The van der Waals surface area contributed by atoms with Gasteiger partial charge < -0.3 is 15.5 Å². The van der Waals surface area contributed by atoms with Crippen LogP contribution < -0.4 is 15.5 Å². The third kappa shape index (κ3) is 6.23. The summed E-state index contributed by atoms with van der Waals surface area (Å²) in [5.41, 5.74) is 3.95. The van der Waals surface area contributed by atoms with Crippen LogP contribution in [-0.2, 0) is 16.0 Å². The maximum absolute atomic E-state index is 12.0. The van der Waals surface area contributed by atoms with Crippen molar-refractivity contribution < 1.29 is 9.59 Å². The van der Waals surface area contributed by atoms with Crippen LogP contribution in [-0.4, -0.2) is 31.4 Å². The summed E-state index contributed by atoms with van der Waals surface area (Å²) >= 11 is 6.04. The number of carbonyl (C=O) groups is 2. The average molecular weight is 414 g/mol. The van der Waals surface area contributed by atoms with E-state index in [1.54, 1.807) is 18.2 Å². The molecule has 1 aliphatic heterocycles. The maximum atomic E-state index is 12.0. The minimum absolute atomic E-state index is 0.453. The Balaban J connectivity index is 1.38. The molecule has 0 aliphatic carbocycles. The first-order valence-electron chi connectivity index (χ1n) is 10.2. The van der Waals surface area contributed by atoms with Crippen LogP contribution in [0, 0.1) is 6.92 Å². The van der Waals surface area contributed by atoms with Crippen LogP contribution in [0.4, 0.5) is 11.4 Å². The summed E-state index contributed by atoms with van der Waals surface area (Å²) in [7, 11) is 0. The van der Waals surface area contributed by atoms with Gasteiger partial charge in [0.2, 0.25) is 0 Å². The van der Waals surface area contributed by atoms with E-state index in [1.807, 2.05) is 6.92 Å². The molecule has 3 rings (SSSR count). The van der Waals surface area contributed by atoms with E-state index < -0.39 is 11.8 Å². The number of carbonyl (C=O) groups excluding carboxylic acids is 2. The Bertz CT molecular complexity index is 846. The molecule has 2 aromatic carbocycles. The standard InChI is InChI=1S/C23H28ClN3O2/c1-17-7-10-19(16-21(17)24)26-23(29)22(28)25-13-5-6-18-8-11-20(12-9-18)27-14-3-2-4-15-27/h7-12,16H,2-6,13-15H2,1H3,(H,25,28)(H,26,29). The van der Waals surface area contributed by atoms with Gasteiger partial charge in [0.25, 0.3) is 0 Å². The Kier molecular flexibility index (Phi) is 7.53. The second kappa shape index (κ2) is 10.3. The van der Waals surface area contributed by atoms with Crippen LogP contribution >= 0.6 is 11.6 Å². The number of benzene rings is 2. The van der Waals surface area contributed by atoms with E-state index in [0.717, 1.165) is 31.5 Å². The Morgan fingerprint density at radius 1 is 1.00 bits per heavy atom. The highest BCUT2D eigenvalue weighted by atomic mass is 35.5. The van der Waals surface area contributed by atoms with Gasteiger partial charge in [0.05, 0.1) is 0 Å². The first-order valence-corrected chi connectivity index (χ1v) is 10.6. The highest BCUT2D eigenvalue weighted by Crippen LogP contribution is 2.21. The lowest BCUT2D eigenvalue weighted by atomic mass is 10.1. The van der Waals surface area contributed by atoms with E-state index in [9.17, 15) is 9.59 Å². The van der Waals surface area contributed by atoms with Crippen molar-refractivity contribution in [3.05, 3.63) is 58.6 Å². The first kappa shape index (κ1) is 21.2. The van der Waals surface area contributed by atoms with Crippen LogP contribution in [0.25, 0.3) is 0 Å². The van der Waals surface area contributed by atoms with Crippen LogP contribution in [0.15, 0.2) is 42.5 Å². The summed E-state index contributed by atoms with van der Waals surface area (Å²) in [6, 6.07) is 13.8. The fourth-order valence-corrected chi connectivity index (χ4v) is 3.64. The summed E-state index contributed by atoms with van der Waals surface area (Å²) < 4.78 is 0. The lowest BCUT2D eigenvalue weighted by Gasteiger charge is -2.28. The molecule has 2 N–H and O–H groups in total. The van der Waals surface area contributed by atoms with Gasteiger partial charge in [-0.05, 0) is 74.4 Å². The molecule has 0 aromatic heterocycles. The number of anilines is 2. The fourth-order valence-electron chi connectivity index (χ4n) is 3.46. The van der Waals surface area contributed by atoms with Crippen LogP contribution in [0.5, 0.6) is 0 Å². The number of nitrogens with zero attached hydrogens (tertiary/aromatic N) is 1. The Labute approximate surface area is 177 Å². The molecule has 1 aliphatic rings. The minimum Gasteiger partial charge on any atom is -0.372 e. The molecule has 0 atom stereocenters. The van der Waals surface area contributed by atoms with Crippen LogP contribution in [0.2, 0.25) is 5.02 Å². The van der Waals surface area contributed by atoms with Crippen molar-refractivity contribution in [2.24, 2.45) is 0 Å². The fraction of sp³-hybridized carbons (Fsp3) is 0.391. The molecule has 29 heavy (non-hydrogen) atoms. The molecule has 0 spiro atoms. The van der Waals surface area contributed by atoms with Crippen molar-refractivity contribution in [3.63, 3.8) is 0 Å². The van der Waals surface area contributed by atoms with Crippen molar-refractivity contribution in [1.82, 2.24) is 5.32 Å². The number of hydrogen-bond donors (Lipinski definition) is 2. The second-order valence-corrected chi connectivity index (χ2v) is 7.90. The van der Waals surface area contributed by atoms with Gasteiger partial charge in [-0.25, -0.2) is 0 Å². The molecule has 5 nitrogen and oxygen atoms in total. The molecule has 154 valence electrons. The molecule has 1 heterocycles. The number of amides is 2. The monoisotopic (exact) mass is 413 g/mol. The van der Waals surface area contributed by atoms with Gasteiger partial charge in [-0.2, -0.15) is 0 Å². The molecular formula is C23H28ClN3O2. The molecular weight excluding hydrogens is 386 g/mol. The van der Waals surface area contributed by atoms with E-state index in [1.165, 1.54) is 30.5 Å². The third-order valence-electron chi connectivity index (χ3n) is 5.22. The SMILES string of the molecule is Cc1ccc(NC(=O)C(=O)NCCCc2ccc(N3CCCCC3)cc2)cc1Cl. The van der Waals surface area contributed by atoms with E-state index >= 15 is 0 Å². The van der Waals surface area contributed by atoms with Gasteiger partial charge in [-0.1, -0.05) is 29.8 Å². The molecule has 0 radical (unpaired) electrons. The van der Waals surface area contributed by atoms with E-state index in [-0.39, 0.29) is 0 Å². The lowest BCUT2D eigenvalue weighted by Crippen LogP contribution is -2.36. The zero-order valence-corrected chi connectivity index (χ0v) is 17.6. The molecule has 1 saturated heterocycles. The number of halogens is 1. The number of hydrogen-bond acceptors (Lipinski definition) is 3. The number of nitrogens with one attached hydrogen (secondary N) is 2. The number of aryl methyl sites for hydroxylation is 2. The van der Waals surface area contributed by atoms with Gasteiger partial charge in [0.15, 0.2) is 0 Å². The van der Waals surface area contributed by atoms with Gasteiger partial charge in [0, 0.05) is 36.0 Å². The molecule has 2 aromatic rings. The van der Waals surface area contributed by atoms with Crippen LogP contribution in [0.1, 0.15) is 36.8 Å². The zero-order valence-electron chi connectivity index (χ0n) is 16.8. The zero-order chi connectivity index (χ0) is 20.6. The molecule has 0 bridgehead atoms. The van der Waals surface area contributed by atoms with E-state index in [2.05, 4.69) is 39.8 Å². The Morgan fingerprint density at radius 2 is 1.72 bits per heavy atom. The summed E-state index contributed by atoms with van der Waals surface area (Å²) in [4.78, 5) is 26.4. The Morgan fingerprint density at radius 3 is 2.41 bits per heavy atom. The van der Waals surface area contributed by atoms with Crippen molar-refractivity contribution in [1.29, 1.82) is 0 Å². The Hall–Kier alpha value is -2.53. The summed E-state index contributed by atoms with van der Waals surface area (Å²) in [6.45, 7) is 4.61. The number of piperidine rings is 1. The highest BCUT2D eigenvalue weighted by Gasteiger charge is 2.14. The lowest BCUT2D eigenvalue weighted by molar-refractivity contribution is -0.136. The average Bonchev–Trinajstić information content (AvgIpc) is 2.74. The van der Waals surface area contributed by atoms with E-state index in [0.29, 0.717) is 17.3 Å². The summed E-state index contributed by atoms with van der Waals surface area (Å²) in [5, 5.41) is 5.79. The van der Waals surface area contributed by atoms with Gasteiger partial charge in [-0.3, -0.25) is 9.59 Å². The first-order chi connectivity index (χ1) is 14.0. The molecule has 0 saturated carbocycles. The summed E-state index contributed by atoms with van der Waals surface area (Å²) in [5.74, 6) is -1.32. The van der Waals surface area contributed by atoms with Crippen molar-refractivity contribution in [2.45, 2.75) is 39.0 Å². The summed E-state index contributed by atoms with van der Waals surface area (Å²) in [6.07, 6.45) is 5.50. The smallest absolute Gasteiger partial charge is 0.313 e. The van der Waals surface area contributed by atoms with Crippen molar-refractivity contribution >= 4 is 34.8 Å². The van der Waals surface area contributed by atoms with E-state index in [4.69, 9.17) is 11.6 Å². The van der Waals surface area contributed by atoms with Crippen molar-refractivity contribution in [2.75, 3.05) is 29.9 Å². The topological polar surface area (TPSA) is 61.4 Å². The second-order valence-electron chi connectivity index (χ2n) is 7.49. The maximum Gasteiger partial charge on any atom is 0.313 e. The minimum atomic E-state index is -0.684. The van der Waals surface area contributed by atoms with Gasteiger partial charge in [-0.15, -0.1) is 0 Å². The molecule has 1 fully saturated rings. The molecule has 6 heteroatoms. The highest BCUT2D eigenvalue weighted by molar-refractivity contribution is 6.39. The quantitative estimate of drug-likeness (QED) is 0.547. The van der Waals surface area contributed by atoms with Crippen LogP contribution in [0.3, 0.4) is 0 Å². The third-order valence-corrected chi connectivity index (χ3v) is 5.63. The largest absolute Gasteiger partial charge is 0.372 e. The van der Waals surface area contributed by atoms with Crippen molar-refractivity contribution in [3.8, 4) is 0 Å².